The molecule has 0 aliphatic rings. The van der Waals surface area contributed by atoms with Gasteiger partial charge in [-0.25, -0.2) is 0 Å². The highest BCUT2D eigenvalue weighted by Crippen LogP contribution is 2.36. The van der Waals surface area contributed by atoms with Gasteiger partial charge in [0.2, 0.25) is 0 Å². The van der Waals surface area contributed by atoms with Gasteiger partial charge in [-0.2, -0.15) is 0 Å². The molecule has 0 saturated carbocycles. The molecule has 0 aliphatic carbocycles. The van der Waals surface area contributed by atoms with E-state index in [0.717, 1.165) is 12.6 Å². The molecule has 156 valence electrons. The lowest BCUT2D eigenvalue weighted by Crippen LogP contribution is -1.87. The molecule has 0 atom stereocenters. The second-order valence-corrected chi connectivity index (χ2v) is 12.2. The van der Waals surface area contributed by atoms with Crippen LogP contribution < -0.4 is 0 Å². The molecular formula is C24H49OP. The van der Waals surface area contributed by atoms with Crippen molar-refractivity contribution in [2.75, 3.05) is 19.5 Å². The molecule has 0 fully saturated rings. The predicted octanol–water partition coefficient (Wildman–Crippen LogP) is 9.21. The first-order valence-electron chi connectivity index (χ1n) is 11.8. The third-order valence-corrected chi connectivity index (χ3v) is 6.60. The fraction of sp³-hybridized carbons (Fsp3) is 0.917. The third-order valence-electron chi connectivity index (χ3n) is 5.21. The molecule has 0 rings (SSSR count). The summed E-state index contributed by atoms with van der Waals surface area (Å²) in [7, 11) is -1.76. The number of hydrogen-bond acceptors (Lipinski definition) is 1. The summed E-state index contributed by atoms with van der Waals surface area (Å²) in [5, 5.41) is 0. The monoisotopic (exact) mass is 384 g/mol. The molecule has 0 aromatic heterocycles. The van der Waals surface area contributed by atoms with E-state index in [9.17, 15) is 4.57 Å². The van der Waals surface area contributed by atoms with Crippen LogP contribution in [0, 0.1) is 0 Å². The summed E-state index contributed by atoms with van der Waals surface area (Å²) >= 11 is 0. The minimum absolute atomic E-state index is 0.945. The van der Waals surface area contributed by atoms with E-state index in [1.54, 1.807) is 0 Å². The summed E-state index contributed by atoms with van der Waals surface area (Å²) in [6.07, 6.45) is 30.4. The van der Waals surface area contributed by atoms with Crippen molar-refractivity contribution >= 4 is 7.14 Å². The molecule has 2 heteroatoms. The second kappa shape index (κ2) is 19.7. The van der Waals surface area contributed by atoms with Crippen LogP contribution in [0.3, 0.4) is 0 Å². The van der Waals surface area contributed by atoms with Crippen LogP contribution in [0.25, 0.3) is 0 Å². The number of allylic oxidation sites excluding steroid dienone is 2. The van der Waals surface area contributed by atoms with Crippen molar-refractivity contribution in [1.29, 1.82) is 0 Å². The van der Waals surface area contributed by atoms with Gasteiger partial charge in [0.15, 0.2) is 0 Å². The van der Waals surface area contributed by atoms with E-state index in [1.165, 1.54) is 109 Å². The first-order valence-corrected chi connectivity index (χ1v) is 14.5. The summed E-state index contributed by atoms with van der Waals surface area (Å²) in [6.45, 7) is 6.11. The van der Waals surface area contributed by atoms with Crippen molar-refractivity contribution in [2.45, 2.75) is 122 Å². The van der Waals surface area contributed by atoms with Crippen molar-refractivity contribution in [3.05, 3.63) is 12.2 Å². The van der Waals surface area contributed by atoms with Crippen LogP contribution in [0.1, 0.15) is 122 Å². The zero-order valence-corrected chi connectivity index (χ0v) is 19.3. The van der Waals surface area contributed by atoms with Gasteiger partial charge in [0.1, 0.15) is 0 Å². The maximum absolute atomic E-state index is 11.6. The zero-order chi connectivity index (χ0) is 19.3. The molecule has 0 aromatic rings. The summed E-state index contributed by atoms with van der Waals surface area (Å²) in [5.74, 6) is 0. The molecule has 0 amide bonds. The Morgan fingerprint density at radius 1 is 0.538 bits per heavy atom. The molecule has 0 spiro atoms. The Balaban J connectivity index is 3.11. The number of rotatable bonds is 20. The van der Waals surface area contributed by atoms with Crippen LogP contribution in [-0.2, 0) is 4.57 Å². The van der Waals surface area contributed by atoms with Crippen molar-refractivity contribution in [3.8, 4) is 0 Å². The molecule has 0 aromatic carbocycles. The average molecular weight is 385 g/mol. The van der Waals surface area contributed by atoms with E-state index in [0.29, 0.717) is 0 Å². The van der Waals surface area contributed by atoms with Crippen LogP contribution in [0.4, 0.5) is 0 Å². The van der Waals surface area contributed by atoms with Gasteiger partial charge in [-0.3, -0.25) is 0 Å². The largest absolute Gasteiger partial charge is 0.324 e. The lowest BCUT2D eigenvalue weighted by molar-refractivity contribution is 0.554. The molecule has 0 radical (unpaired) electrons. The number of hydrogen-bond donors (Lipinski definition) is 0. The van der Waals surface area contributed by atoms with Crippen molar-refractivity contribution in [1.82, 2.24) is 0 Å². The van der Waals surface area contributed by atoms with E-state index < -0.39 is 7.14 Å². The highest BCUT2D eigenvalue weighted by Gasteiger charge is 2.05. The van der Waals surface area contributed by atoms with Gasteiger partial charge >= 0.3 is 0 Å². The van der Waals surface area contributed by atoms with Gasteiger partial charge < -0.3 is 4.57 Å². The predicted molar refractivity (Wildman–Crippen MR) is 122 cm³/mol. The van der Waals surface area contributed by atoms with Crippen molar-refractivity contribution in [2.24, 2.45) is 0 Å². The summed E-state index contributed by atoms with van der Waals surface area (Å²) in [4.78, 5) is 0. The molecule has 0 bridgehead atoms. The fourth-order valence-electron chi connectivity index (χ4n) is 3.45. The van der Waals surface area contributed by atoms with Gasteiger partial charge in [0, 0.05) is 6.16 Å². The lowest BCUT2D eigenvalue weighted by atomic mass is 10.1. The Labute approximate surface area is 166 Å². The molecule has 0 saturated heterocycles. The molecule has 0 unspecified atom stereocenters. The SMILES string of the molecule is CCCCCCCC/C=C\CCCCCCCCCCCCP(C)(C)=O. The van der Waals surface area contributed by atoms with E-state index in [1.807, 2.05) is 13.3 Å². The molecule has 0 aliphatic heterocycles. The average Bonchev–Trinajstić information content (AvgIpc) is 2.59. The van der Waals surface area contributed by atoms with E-state index >= 15 is 0 Å². The fourth-order valence-corrected chi connectivity index (χ4v) is 4.43. The Bertz CT molecular complexity index is 342. The van der Waals surface area contributed by atoms with Crippen LogP contribution in [0.2, 0.25) is 0 Å². The second-order valence-electron chi connectivity index (χ2n) is 8.65. The van der Waals surface area contributed by atoms with Crippen molar-refractivity contribution < 1.29 is 4.57 Å². The molecular weight excluding hydrogens is 335 g/mol. The van der Waals surface area contributed by atoms with Crippen molar-refractivity contribution in [3.63, 3.8) is 0 Å². The Morgan fingerprint density at radius 2 is 0.885 bits per heavy atom. The van der Waals surface area contributed by atoms with Gasteiger partial charge in [-0.1, -0.05) is 103 Å². The molecule has 0 N–H and O–H groups in total. The lowest BCUT2D eigenvalue weighted by Gasteiger charge is -2.06. The molecule has 26 heavy (non-hydrogen) atoms. The van der Waals surface area contributed by atoms with Crippen LogP contribution in [0.15, 0.2) is 12.2 Å². The van der Waals surface area contributed by atoms with Crippen LogP contribution in [0.5, 0.6) is 0 Å². The normalized spacial score (nSPS) is 12.3. The number of unbranched alkanes of at least 4 members (excludes halogenated alkanes) is 16. The minimum atomic E-state index is -1.76. The third kappa shape index (κ3) is 24.0. The van der Waals surface area contributed by atoms with Gasteiger partial charge in [0.25, 0.3) is 0 Å². The van der Waals surface area contributed by atoms with Gasteiger partial charge in [-0.15, -0.1) is 0 Å². The molecule has 0 heterocycles. The summed E-state index contributed by atoms with van der Waals surface area (Å²) < 4.78 is 11.6. The smallest absolute Gasteiger partial charge is 0.0819 e. The highest BCUT2D eigenvalue weighted by molar-refractivity contribution is 7.62. The molecule has 1 nitrogen and oxygen atoms in total. The topological polar surface area (TPSA) is 17.1 Å². The van der Waals surface area contributed by atoms with E-state index in [2.05, 4.69) is 19.1 Å². The standard InChI is InChI=1S/C24H49OP/c1-4-5-6-7-8-9-10-11-12-13-14-15-16-17-18-19-20-21-22-23-24-26(2,3)25/h11-12H,4-10,13-24H2,1-3H3/b12-11-. The minimum Gasteiger partial charge on any atom is -0.324 e. The van der Waals surface area contributed by atoms with Gasteiger partial charge in [0.05, 0.1) is 7.14 Å². The first-order chi connectivity index (χ1) is 12.6. The van der Waals surface area contributed by atoms with E-state index in [-0.39, 0.29) is 0 Å². The van der Waals surface area contributed by atoms with E-state index in [4.69, 9.17) is 0 Å². The Hall–Kier alpha value is -0.0300. The zero-order valence-electron chi connectivity index (χ0n) is 18.4. The van der Waals surface area contributed by atoms with Crippen LogP contribution >= 0.6 is 7.14 Å². The summed E-state index contributed by atoms with van der Waals surface area (Å²) in [5.41, 5.74) is 0. The quantitative estimate of drug-likeness (QED) is 0.116. The summed E-state index contributed by atoms with van der Waals surface area (Å²) in [6, 6.07) is 0. The first kappa shape index (κ1) is 26.0. The Morgan fingerprint density at radius 3 is 1.27 bits per heavy atom. The van der Waals surface area contributed by atoms with Gasteiger partial charge in [-0.05, 0) is 45.4 Å². The Kier molecular flexibility index (Phi) is 19.7. The van der Waals surface area contributed by atoms with Crippen LogP contribution in [-0.4, -0.2) is 19.5 Å². The maximum Gasteiger partial charge on any atom is 0.0819 e. The maximum atomic E-state index is 11.6. The highest BCUT2D eigenvalue weighted by atomic mass is 31.2.